The summed E-state index contributed by atoms with van der Waals surface area (Å²) in [7, 11) is 0. The van der Waals surface area contributed by atoms with Gasteiger partial charge >= 0.3 is 6.18 Å². The first-order valence-corrected chi connectivity index (χ1v) is 6.19. The van der Waals surface area contributed by atoms with Crippen molar-refractivity contribution < 1.29 is 26.7 Å². The van der Waals surface area contributed by atoms with Crippen LogP contribution in [-0.2, 0) is 6.18 Å². The first kappa shape index (κ1) is 16.2. The summed E-state index contributed by atoms with van der Waals surface area (Å²) in [6, 6.07) is 4.75. The highest BCUT2D eigenvalue weighted by Crippen LogP contribution is 2.34. The Labute approximate surface area is 126 Å². The molecule has 0 aliphatic rings. The number of rotatable bonds is 2. The van der Waals surface area contributed by atoms with E-state index in [1.165, 1.54) is 0 Å². The third-order valence-electron chi connectivity index (χ3n) is 2.72. The smallest absolute Gasteiger partial charge is 0.321 e. The monoisotopic (exact) mass is 335 g/mol. The van der Waals surface area contributed by atoms with E-state index < -0.39 is 29.3 Å². The fraction of sp³-hybridized carbons (Fsp3) is 0.0714. The molecule has 8 heteroatoms. The molecule has 0 aliphatic carbocycles. The van der Waals surface area contributed by atoms with Gasteiger partial charge in [0.15, 0.2) is 11.6 Å². The molecule has 0 unspecified atom stereocenters. The average Bonchev–Trinajstić information content (AvgIpc) is 2.43. The fourth-order valence-electron chi connectivity index (χ4n) is 1.63. The zero-order chi connectivity index (χ0) is 16.5. The Morgan fingerprint density at radius 2 is 1.68 bits per heavy atom. The number of hydrogen-bond donors (Lipinski definition) is 1. The maximum absolute atomic E-state index is 13.0. The molecule has 2 nitrogen and oxygen atoms in total. The molecule has 116 valence electrons. The summed E-state index contributed by atoms with van der Waals surface area (Å²) < 4.78 is 63.7. The van der Waals surface area contributed by atoms with Crippen LogP contribution in [0.4, 0.5) is 27.6 Å². The molecule has 0 aliphatic heterocycles. The molecule has 22 heavy (non-hydrogen) atoms. The number of nitrogens with one attached hydrogen (secondary N) is 1. The standard InChI is InChI=1S/C14H7ClF5NO/c15-9-3-2-8(14(18,19)20)6-12(9)21-13(22)7-1-4-10(16)11(17)5-7/h1-6H,(H,21,22). The van der Waals surface area contributed by atoms with Crippen LogP contribution in [0.15, 0.2) is 36.4 Å². The van der Waals surface area contributed by atoms with Crippen molar-refractivity contribution in [2.45, 2.75) is 6.18 Å². The molecule has 2 rings (SSSR count). The first-order chi connectivity index (χ1) is 10.2. The van der Waals surface area contributed by atoms with E-state index in [-0.39, 0.29) is 16.3 Å². The average molecular weight is 336 g/mol. The summed E-state index contributed by atoms with van der Waals surface area (Å²) in [6.07, 6.45) is -4.61. The number of alkyl halides is 3. The largest absolute Gasteiger partial charge is 0.416 e. The molecule has 0 heterocycles. The van der Waals surface area contributed by atoms with Gasteiger partial charge in [0, 0.05) is 5.56 Å². The second-order valence-corrected chi connectivity index (χ2v) is 4.68. The van der Waals surface area contributed by atoms with Gasteiger partial charge in [-0.05, 0) is 36.4 Å². The van der Waals surface area contributed by atoms with Crippen LogP contribution in [0.3, 0.4) is 0 Å². The highest BCUT2D eigenvalue weighted by molar-refractivity contribution is 6.34. The maximum atomic E-state index is 13.0. The summed E-state index contributed by atoms with van der Waals surface area (Å²) in [5.74, 6) is -3.31. The van der Waals surface area contributed by atoms with Crippen LogP contribution in [0.25, 0.3) is 0 Å². The Bertz CT molecular complexity index is 730. The Balaban J connectivity index is 2.29. The molecule has 0 saturated heterocycles. The second-order valence-electron chi connectivity index (χ2n) is 4.28. The Morgan fingerprint density at radius 3 is 2.27 bits per heavy atom. The van der Waals surface area contributed by atoms with E-state index >= 15 is 0 Å². The van der Waals surface area contributed by atoms with Gasteiger partial charge in [-0.3, -0.25) is 4.79 Å². The SMILES string of the molecule is O=C(Nc1cc(C(F)(F)F)ccc1Cl)c1ccc(F)c(F)c1. The van der Waals surface area contributed by atoms with Gasteiger partial charge < -0.3 is 5.32 Å². The Kier molecular flexibility index (Phi) is 4.37. The molecule has 0 atom stereocenters. The normalized spacial score (nSPS) is 11.4. The number of benzene rings is 2. The van der Waals surface area contributed by atoms with Crippen molar-refractivity contribution in [1.29, 1.82) is 0 Å². The van der Waals surface area contributed by atoms with Crippen LogP contribution < -0.4 is 5.32 Å². The number of hydrogen-bond acceptors (Lipinski definition) is 1. The molecular weight excluding hydrogens is 329 g/mol. The lowest BCUT2D eigenvalue weighted by molar-refractivity contribution is -0.137. The quantitative estimate of drug-likeness (QED) is 0.778. The predicted molar refractivity (Wildman–Crippen MR) is 70.8 cm³/mol. The molecule has 0 bridgehead atoms. The van der Waals surface area contributed by atoms with Crippen molar-refractivity contribution in [1.82, 2.24) is 0 Å². The van der Waals surface area contributed by atoms with E-state index in [2.05, 4.69) is 5.32 Å². The highest BCUT2D eigenvalue weighted by atomic mass is 35.5. The van der Waals surface area contributed by atoms with E-state index in [1.54, 1.807) is 0 Å². The van der Waals surface area contributed by atoms with Crippen molar-refractivity contribution in [3.05, 3.63) is 64.2 Å². The van der Waals surface area contributed by atoms with Gasteiger partial charge in [-0.25, -0.2) is 8.78 Å². The van der Waals surface area contributed by atoms with Crippen molar-refractivity contribution in [2.75, 3.05) is 5.32 Å². The van der Waals surface area contributed by atoms with Crippen molar-refractivity contribution >= 4 is 23.2 Å². The minimum absolute atomic E-state index is 0.121. The van der Waals surface area contributed by atoms with E-state index in [9.17, 15) is 26.7 Å². The van der Waals surface area contributed by atoms with Crippen molar-refractivity contribution in [3.8, 4) is 0 Å². The van der Waals surface area contributed by atoms with Gasteiger partial charge in [0.25, 0.3) is 5.91 Å². The van der Waals surface area contributed by atoms with E-state index in [0.717, 1.165) is 24.3 Å². The van der Waals surface area contributed by atoms with Crippen molar-refractivity contribution in [2.24, 2.45) is 0 Å². The number of carbonyl (C=O) groups excluding carboxylic acids is 1. The van der Waals surface area contributed by atoms with E-state index in [1.807, 2.05) is 0 Å². The van der Waals surface area contributed by atoms with Gasteiger partial charge in [0.05, 0.1) is 16.3 Å². The third-order valence-corrected chi connectivity index (χ3v) is 3.05. The van der Waals surface area contributed by atoms with Crippen LogP contribution in [0.1, 0.15) is 15.9 Å². The minimum Gasteiger partial charge on any atom is -0.321 e. The lowest BCUT2D eigenvalue weighted by Crippen LogP contribution is -2.14. The number of amides is 1. The third kappa shape index (κ3) is 3.54. The van der Waals surface area contributed by atoms with Crippen LogP contribution >= 0.6 is 11.6 Å². The van der Waals surface area contributed by atoms with Crippen LogP contribution in [-0.4, -0.2) is 5.91 Å². The zero-order valence-electron chi connectivity index (χ0n) is 10.6. The van der Waals surface area contributed by atoms with Gasteiger partial charge in [-0.1, -0.05) is 11.6 Å². The van der Waals surface area contributed by atoms with Crippen LogP contribution in [0.5, 0.6) is 0 Å². The lowest BCUT2D eigenvalue weighted by Gasteiger charge is -2.11. The Hall–Kier alpha value is -2.15. The maximum Gasteiger partial charge on any atom is 0.416 e. The van der Waals surface area contributed by atoms with Gasteiger partial charge in [0.1, 0.15) is 0 Å². The summed E-state index contributed by atoms with van der Waals surface area (Å²) >= 11 is 5.72. The highest BCUT2D eigenvalue weighted by Gasteiger charge is 2.31. The first-order valence-electron chi connectivity index (χ1n) is 5.81. The Morgan fingerprint density at radius 1 is 1.00 bits per heavy atom. The minimum atomic E-state index is -4.61. The summed E-state index contributed by atoms with van der Waals surface area (Å²) in [4.78, 5) is 11.9. The molecular formula is C14H7ClF5NO. The van der Waals surface area contributed by atoms with Gasteiger partial charge in [-0.2, -0.15) is 13.2 Å². The van der Waals surface area contributed by atoms with E-state index in [4.69, 9.17) is 11.6 Å². The molecule has 0 aromatic heterocycles. The lowest BCUT2D eigenvalue weighted by atomic mass is 10.1. The zero-order valence-corrected chi connectivity index (χ0v) is 11.4. The van der Waals surface area contributed by atoms with Crippen LogP contribution in [0.2, 0.25) is 5.02 Å². The van der Waals surface area contributed by atoms with Crippen molar-refractivity contribution in [3.63, 3.8) is 0 Å². The second kappa shape index (κ2) is 5.92. The fourth-order valence-corrected chi connectivity index (χ4v) is 1.79. The van der Waals surface area contributed by atoms with Gasteiger partial charge in [-0.15, -0.1) is 0 Å². The summed E-state index contributed by atoms with van der Waals surface area (Å²) in [6.45, 7) is 0. The topological polar surface area (TPSA) is 29.1 Å². The molecule has 0 radical (unpaired) electrons. The molecule has 1 N–H and O–H groups in total. The molecule has 0 spiro atoms. The molecule has 1 amide bonds. The molecule has 2 aromatic rings. The van der Waals surface area contributed by atoms with Crippen LogP contribution in [0, 0.1) is 11.6 Å². The molecule has 0 saturated carbocycles. The molecule has 2 aromatic carbocycles. The van der Waals surface area contributed by atoms with Gasteiger partial charge in [0.2, 0.25) is 0 Å². The number of anilines is 1. The number of halogens is 6. The van der Waals surface area contributed by atoms with E-state index in [0.29, 0.717) is 12.1 Å². The molecule has 0 fully saturated rings. The summed E-state index contributed by atoms with van der Waals surface area (Å²) in [5, 5.41) is 2.00. The summed E-state index contributed by atoms with van der Waals surface area (Å²) in [5.41, 5.74) is -1.55. The predicted octanol–water partition coefficient (Wildman–Crippen LogP) is 4.89. The number of carbonyl (C=O) groups is 1.